The molecule has 0 saturated carbocycles. The predicted molar refractivity (Wildman–Crippen MR) is 145 cm³/mol. The first-order valence-corrected chi connectivity index (χ1v) is 11.8. The molecule has 0 fully saturated rings. The zero-order valence-electron chi connectivity index (χ0n) is 21.2. The number of rotatable bonds is 6. The van der Waals surface area contributed by atoms with Crippen molar-refractivity contribution in [1.82, 2.24) is 4.98 Å². The minimum atomic E-state index is -0.514. The first kappa shape index (κ1) is 24.6. The van der Waals surface area contributed by atoms with E-state index in [1.165, 1.54) is 13.8 Å². The second-order valence-electron chi connectivity index (χ2n) is 8.62. The number of para-hydroxylation sites is 1. The number of carbonyl (C=O) groups is 2. The molecule has 1 aliphatic carbocycles. The van der Waals surface area contributed by atoms with Crippen LogP contribution in [-0.4, -0.2) is 35.5 Å². The Morgan fingerprint density at radius 3 is 2.29 bits per heavy atom. The number of methoxy groups -OCH3 is 1. The Morgan fingerprint density at radius 1 is 0.842 bits per heavy atom. The Bertz CT molecular complexity index is 1640. The van der Waals surface area contributed by atoms with Crippen molar-refractivity contribution in [1.29, 1.82) is 0 Å². The van der Waals surface area contributed by atoms with Crippen LogP contribution in [0.5, 0.6) is 5.75 Å². The van der Waals surface area contributed by atoms with Crippen LogP contribution in [0.4, 0.5) is 11.5 Å². The van der Waals surface area contributed by atoms with Gasteiger partial charge in [0.1, 0.15) is 17.3 Å². The van der Waals surface area contributed by atoms with Gasteiger partial charge in [0, 0.05) is 41.6 Å². The molecule has 0 aliphatic heterocycles. The molecule has 4 aromatic rings. The van der Waals surface area contributed by atoms with Gasteiger partial charge in [0.2, 0.25) is 0 Å². The summed E-state index contributed by atoms with van der Waals surface area (Å²) in [4.78, 5) is 37.5. The number of hydrogen-bond donors (Lipinski definition) is 1. The van der Waals surface area contributed by atoms with Gasteiger partial charge >= 0.3 is 11.9 Å². The maximum atomic E-state index is 11.7. The van der Waals surface area contributed by atoms with Crippen LogP contribution in [0.3, 0.4) is 0 Å². The van der Waals surface area contributed by atoms with E-state index in [9.17, 15) is 9.59 Å². The molecule has 9 heteroatoms. The van der Waals surface area contributed by atoms with Gasteiger partial charge in [0.15, 0.2) is 0 Å². The second-order valence-corrected chi connectivity index (χ2v) is 8.62. The smallest absolute Gasteiger partial charge is 0.332 e. The lowest BCUT2D eigenvalue weighted by Gasteiger charge is -2.14. The van der Waals surface area contributed by atoms with Crippen molar-refractivity contribution in [3.63, 3.8) is 0 Å². The molecule has 1 N–H and O–H groups in total. The number of anilines is 2. The Labute approximate surface area is 218 Å². The molecule has 190 valence electrons. The molecular formula is C29H24N4O5. The molecule has 0 radical (unpaired) electrons. The third kappa shape index (κ3) is 4.69. The van der Waals surface area contributed by atoms with Gasteiger partial charge < -0.3 is 19.7 Å². The zero-order chi connectivity index (χ0) is 26.8. The fourth-order valence-electron chi connectivity index (χ4n) is 4.33. The maximum Gasteiger partial charge on any atom is 0.332 e. The standard InChI is InChI=1S/C29H24N4O5/c1-16(32-37-17(2)34)19-9-11-20(12-10-19)30-29-27-22-14-13-21(36-4)15-24(22)28(33-38-18(3)35)26(27)23-7-5-6-8-25(23)31-29/h5-15H,1-4H3,(H,30,31)/b32-16+,33-28-. The highest BCUT2D eigenvalue weighted by Gasteiger charge is 2.32. The zero-order valence-corrected chi connectivity index (χ0v) is 21.2. The van der Waals surface area contributed by atoms with E-state index in [0.717, 1.165) is 44.4 Å². The van der Waals surface area contributed by atoms with Crippen molar-refractivity contribution >= 4 is 45.8 Å². The molecule has 0 bridgehead atoms. The topological polar surface area (TPSA) is 111 Å². The van der Waals surface area contributed by atoms with Crippen molar-refractivity contribution in [2.45, 2.75) is 20.8 Å². The Hall–Kier alpha value is -5.05. The predicted octanol–water partition coefficient (Wildman–Crippen LogP) is 5.57. The first-order chi connectivity index (χ1) is 18.4. The number of pyridine rings is 1. The lowest BCUT2D eigenvalue weighted by atomic mass is 10.0. The lowest BCUT2D eigenvalue weighted by molar-refractivity contribution is -0.141. The van der Waals surface area contributed by atoms with E-state index in [1.807, 2.05) is 66.7 Å². The highest BCUT2D eigenvalue weighted by molar-refractivity contribution is 6.31. The number of oxime groups is 2. The summed E-state index contributed by atoms with van der Waals surface area (Å²) < 4.78 is 5.46. The fourth-order valence-corrected chi connectivity index (χ4v) is 4.33. The molecular weight excluding hydrogens is 484 g/mol. The molecule has 0 spiro atoms. The molecule has 3 aromatic carbocycles. The van der Waals surface area contributed by atoms with E-state index in [1.54, 1.807) is 14.0 Å². The molecule has 1 aromatic heterocycles. The SMILES string of the molecule is COc1ccc2c(c1)/C(=N/OC(C)=O)c1c-2c(Nc2ccc(/C(C)=N/OC(C)=O)cc2)nc2ccccc12. The van der Waals surface area contributed by atoms with Gasteiger partial charge in [-0.15, -0.1) is 0 Å². The minimum absolute atomic E-state index is 0.478. The van der Waals surface area contributed by atoms with Crippen molar-refractivity contribution in [3.05, 3.63) is 83.4 Å². The molecule has 0 atom stereocenters. The summed E-state index contributed by atoms with van der Waals surface area (Å²) in [6.45, 7) is 4.38. The molecule has 1 aliphatic rings. The average molecular weight is 509 g/mol. The molecule has 38 heavy (non-hydrogen) atoms. The molecule has 0 amide bonds. The van der Waals surface area contributed by atoms with Crippen molar-refractivity contribution in [2.75, 3.05) is 12.4 Å². The van der Waals surface area contributed by atoms with E-state index in [-0.39, 0.29) is 0 Å². The van der Waals surface area contributed by atoms with E-state index < -0.39 is 11.9 Å². The Balaban J connectivity index is 1.64. The number of carbonyl (C=O) groups excluding carboxylic acids is 2. The number of nitrogens with one attached hydrogen (secondary N) is 1. The fraction of sp³-hybridized carbons (Fsp3) is 0.138. The van der Waals surface area contributed by atoms with Crippen LogP contribution in [0.2, 0.25) is 0 Å². The van der Waals surface area contributed by atoms with Crippen LogP contribution in [0.15, 0.2) is 77.0 Å². The third-order valence-electron chi connectivity index (χ3n) is 6.02. The normalized spacial score (nSPS) is 13.2. The van der Waals surface area contributed by atoms with Gasteiger partial charge in [-0.2, -0.15) is 0 Å². The van der Waals surface area contributed by atoms with E-state index in [2.05, 4.69) is 15.6 Å². The Kier molecular flexibility index (Phi) is 6.57. The van der Waals surface area contributed by atoms with Crippen LogP contribution in [0, 0.1) is 0 Å². The van der Waals surface area contributed by atoms with Crippen LogP contribution in [0.25, 0.3) is 22.0 Å². The van der Waals surface area contributed by atoms with Crippen LogP contribution < -0.4 is 10.1 Å². The molecule has 5 rings (SSSR count). The summed E-state index contributed by atoms with van der Waals surface area (Å²) in [5.41, 5.74) is 6.76. The Morgan fingerprint density at radius 2 is 1.58 bits per heavy atom. The summed E-state index contributed by atoms with van der Waals surface area (Å²) >= 11 is 0. The number of fused-ring (bicyclic) bond motifs is 5. The van der Waals surface area contributed by atoms with Crippen molar-refractivity contribution in [3.8, 4) is 16.9 Å². The number of nitrogens with zero attached hydrogens (tertiary/aromatic N) is 3. The average Bonchev–Trinajstić information content (AvgIpc) is 3.25. The van der Waals surface area contributed by atoms with E-state index in [0.29, 0.717) is 23.0 Å². The third-order valence-corrected chi connectivity index (χ3v) is 6.02. The monoisotopic (exact) mass is 508 g/mol. The number of benzene rings is 3. The highest BCUT2D eigenvalue weighted by Crippen LogP contribution is 2.46. The summed E-state index contributed by atoms with van der Waals surface area (Å²) in [5.74, 6) is 0.282. The van der Waals surface area contributed by atoms with Crippen LogP contribution in [0.1, 0.15) is 37.5 Å². The van der Waals surface area contributed by atoms with E-state index >= 15 is 0 Å². The summed E-state index contributed by atoms with van der Waals surface area (Å²) in [7, 11) is 1.60. The molecule has 9 nitrogen and oxygen atoms in total. The van der Waals surface area contributed by atoms with Gasteiger partial charge in [-0.1, -0.05) is 40.6 Å². The lowest BCUT2D eigenvalue weighted by Crippen LogP contribution is -2.05. The van der Waals surface area contributed by atoms with Gasteiger partial charge in [-0.3, -0.25) is 0 Å². The summed E-state index contributed by atoms with van der Waals surface area (Å²) in [5, 5.41) is 12.4. The van der Waals surface area contributed by atoms with Gasteiger partial charge in [-0.05, 0) is 54.4 Å². The van der Waals surface area contributed by atoms with Crippen LogP contribution >= 0.6 is 0 Å². The van der Waals surface area contributed by atoms with Crippen LogP contribution in [-0.2, 0) is 19.3 Å². The first-order valence-electron chi connectivity index (χ1n) is 11.8. The number of aromatic nitrogens is 1. The van der Waals surface area contributed by atoms with Gasteiger partial charge in [0.05, 0.1) is 18.3 Å². The molecule has 1 heterocycles. The summed E-state index contributed by atoms with van der Waals surface area (Å²) in [6, 6.07) is 21.0. The van der Waals surface area contributed by atoms with Gasteiger partial charge in [0.25, 0.3) is 0 Å². The van der Waals surface area contributed by atoms with Crippen molar-refractivity contribution < 1.29 is 24.0 Å². The second kappa shape index (κ2) is 10.1. The van der Waals surface area contributed by atoms with Gasteiger partial charge in [-0.25, -0.2) is 14.6 Å². The summed E-state index contributed by atoms with van der Waals surface area (Å²) in [6.07, 6.45) is 0. The number of hydrogen-bond acceptors (Lipinski definition) is 9. The maximum absolute atomic E-state index is 11.7. The highest BCUT2D eigenvalue weighted by atomic mass is 16.7. The minimum Gasteiger partial charge on any atom is -0.497 e. The quantitative estimate of drug-likeness (QED) is 0.181. The van der Waals surface area contributed by atoms with Crippen molar-refractivity contribution in [2.24, 2.45) is 10.3 Å². The largest absolute Gasteiger partial charge is 0.497 e. The molecule has 0 unspecified atom stereocenters. The van der Waals surface area contributed by atoms with E-state index in [4.69, 9.17) is 19.4 Å². The number of ether oxygens (including phenoxy) is 1. The molecule has 0 saturated heterocycles.